The highest BCUT2D eigenvalue weighted by molar-refractivity contribution is 6.24. The highest BCUT2D eigenvalue weighted by atomic mass is 35.5. The molecule has 5 rings (SSSR count). The lowest BCUT2D eigenvalue weighted by Gasteiger charge is -2.35. The van der Waals surface area contributed by atoms with Crippen molar-refractivity contribution in [3.8, 4) is 22.8 Å². The van der Waals surface area contributed by atoms with E-state index in [1.165, 1.54) is 13.2 Å². The maximum absolute atomic E-state index is 13.2. The van der Waals surface area contributed by atoms with E-state index in [0.717, 1.165) is 18.4 Å². The smallest absolute Gasteiger partial charge is 0.387 e. The summed E-state index contributed by atoms with van der Waals surface area (Å²) in [5.41, 5.74) is 2.59. The first-order valence-corrected chi connectivity index (χ1v) is 10.5. The van der Waals surface area contributed by atoms with Crippen molar-refractivity contribution in [3.05, 3.63) is 47.8 Å². The minimum atomic E-state index is -3.10. The Morgan fingerprint density at radius 3 is 2.69 bits per heavy atom. The van der Waals surface area contributed by atoms with Crippen molar-refractivity contribution in [1.29, 1.82) is 0 Å². The molecule has 2 aliphatic rings. The van der Waals surface area contributed by atoms with Crippen molar-refractivity contribution in [2.75, 3.05) is 20.3 Å². The second-order valence-electron chi connectivity index (χ2n) is 7.92. The number of hydrogen-bond acceptors (Lipinski definition) is 5. The highest BCUT2D eigenvalue weighted by Crippen LogP contribution is 2.39. The Balaban J connectivity index is 1.58. The Hall–Kier alpha value is -2.91. The quantitative estimate of drug-likeness (QED) is 0.537. The number of nitrogens with one attached hydrogen (secondary N) is 1. The molecule has 2 aromatic heterocycles. The minimum Gasteiger partial charge on any atom is -0.496 e. The van der Waals surface area contributed by atoms with Crippen LogP contribution < -0.4 is 14.8 Å². The monoisotopic (exact) mass is 463 g/mol. The molecule has 1 aliphatic heterocycles. The predicted molar refractivity (Wildman–Crippen MR) is 113 cm³/mol. The second kappa shape index (κ2) is 7.90. The van der Waals surface area contributed by atoms with E-state index in [1.807, 2.05) is 18.3 Å². The molecule has 0 radical (unpaired) electrons. The number of benzene rings is 1. The van der Waals surface area contributed by atoms with Gasteiger partial charge in [-0.3, -0.25) is 9.20 Å². The number of carbonyl (C=O) groups excluding carboxylic acids is 1. The summed E-state index contributed by atoms with van der Waals surface area (Å²) in [6, 6.07) is 6.80. The number of fused-ring (bicyclic) bond motifs is 1. The molecular weight excluding hydrogens is 444 g/mol. The first-order chi connectivity index (χ1) is 15.4. The number of amides is 1. The number of imidazole rings is 1. The summed E-state index contributed by atoms with van der Waals surface area (Å²) in [4.78, 5) is 16.6. The maximum atomic E-state index is 13.2. The van der Waals surface area contributed by atoms with Gasteiger partial charge in [0.1, 0.15) is 27.6 Å². The van der Waals surface area contributed by atoms with E-state index in [9.17, 15) is 13.6 Å². The van der Waals surface area contributed by atoms with Crippen LogP contribution in [0.2, 0.25) is 0 Å². The summed E-state index contributed by atoms with van der Waals surface area (Å²) in [5, 5.41) is 2.79. The molecule has 0 spiro atoms. The molecule has 10 heteroatoms. The number of halogens is 3. The van der Waals surface area contributed by atoms with Crippen LogP contribution in [0.4, 0.5) is 8.78 Å². The maximum Gasteiger partial charge on any atom is 0.387 e. The van der Waals surface area contributed by atoms with Gasteiger partial charge in [0.2, 0.25) is 0 Å². The minimum absolute atomic E-state index is 0.0468. The number of hydrogen-bond donors (Lipinski definition) is 1. The third kappa shape index (κ3) is 3.75. The Morgan fingerprint density at radius 1 is 1.31 bits per heavy atom. The third-order valence-electron chi connectivity index (χ3n) is 5.63. The van der Waals surface area contributed by atoms with Crippen LogP contribution in [0.1, 0.15) is 28.8 Å². The van der Waals surface area contributed by atoms with E-state index < -0.39 is 17.4 Å². The van der Waals surface area contributed by atoms with Crippen LogP contribution in [-0.4, -0.2) is 48.3 Å². The van der Waals surface area contributed by atoms with Gasteiger partial charge in [-0.15, -0.1) is 11.6 Å². The standard InChI is InChI=1S/C22H20ClF2N3O4/c1-30-16-6-12(7-17(32-21(24)25)19(16)20(29)27-14-2-3-14)15-9-26-18-8-13(4-5-28(15)18)22(23)10-31-11-22/h4-9,14,21H,2-3,10-11H2,1H3,(H,27,29). The molecule has 0 unspecified atom stereocenters. The fourth-order valence-corrected chi connectivity index (χ4v) is 3.99. The molecule has 1 aliphatic carbocycles. The molecule has 0 atom stereocenters. The van der Waals surface area contributed by atoms with Gasteiger partial charge in [-0.1, -0.05) is 0 Å². The molecule has 1 N–H and O–H groups in total. The molecule has 3 aromatic rings. The molecule has 1 saturated carbocycles. The molecule has 7 nitrogen and oxygen atoms in total. The first kappa shape index (κ1) is 21.0. The van der Waals surface area contributed by atoms with Gasteiger partial charge in [-0.25, -0.2) is 4.98 Å². The van der Waals surface area contributed by atoms with E-state index in [1.54, 1.807) is 16.7 Å². The zero-order chi connectivity index (χ0) is 22.5. The number of alkyl halides is 3. The third-order valence-corrected chi connectivity index (χ3v) is 6.07. The van der Waals surface area contributed by atoms with Crippen molar-refractivity contribution in [2.45, 2.75) is 30.4 Å². The summed E-state index contributed by atoms with van der Waals surface area (Å²) in [6.07, 6.45) is 5.14. The Labute approximate surface area is 187 Å². The lowest BCUT2D eigenvalue weighted by atomic mass is 9.97. The average Bonchev–Trinajstić information content (AvgIpc) is 3.45. The average molecular weight is 464 g/mol. The van der Waals surface area contributed by atoms with Crippen molar-refractivity contribution >= 4 is 23.2 Å². The molecule has 168 valence electrons. The highest BCUT2D eigenvalue weighted by Gasteiger charge is 2.38. The fourth-order valence-electron chi connectivity index (χ4n) is 3.72. The largest absolute Gasteiger partial charge is 0.496 e. The molecule has 32 heavy (non-hydrogen) atoms. The van der Waals surface area contributed by atoms with Gasteiger partial charge in [0.15, 0.2) is 0 Å². The number of rotatable bonds is 7. The molecule has 1 saturated heterocycles. The van der Waals surface area contributed by atoms with Gasteiger partial charge in [0.05, 0.1) is 32.2 Å². The second-order valence-corrected chi connectivity index (χ2v) is 8.65. The van der Waals surface area contributed by atoms with Gasteiger partial charge >= 0.3 is 6.61 Å². The molecule has 1 amide bonds. The van der Waals surface area contributed by atoms with Crippen LogP contribution in [0.15, 0.2) is 36.7 Å². The molecular formula is C22H20ClF2N3O4. The Morgan fingerprint density at radius 2 is 2.06 bits per heavy atom. The number of pyridine rings is 1. The lowest BCUT2D eigenvalue weighted by Crippen LogP contribution is -2.41. The zero-order valence-electron chi connectivity index (χ0n) is 17.1. The SMILES string of the molecule is COc1cc(-c2cnc3cc(C4(Cl)COC4)ccn23)cc(OC(F)F)c1C(=O)NC1CC1. The summed E-state index contributed by atoms with van der Waals surface area (Å²) < 4.78 is 43.4. The van der Waals surface area contributed by atoms with Gasteiger partial charge in [0.25, 0.3) is 5.91 Å². The summed E-state index contributed by atoms with van der Waals surface area (Å²) >= 11 is 6.55. The molecule has 2 fully saturated rings. The van der Waals surface area contributed by atoms with Crippen molar-refractivity contribution < 1.29 is 27.8 Å². The number of carbonyl (C=O) groups is 1. The van der Waals surface area contributed by atoms with E-state index >= 15 is 0 Å². The van der Waals surface area contributed by atoms with Crippen molar-refractivity contribution in [2.24, 2.45) is 0 Å². The summed E-state index contributed by atoms with van der Waals surface area (Å²) in [6.45, 7) is -2.25. The van der Waals surface area contributed by atoms with Crippen LogP contribution in [0.3, 0.4) is 0 Å². The zero-order valence-corrected chi connectivity index (χ0v) is 17.9. The van der Waals surface area contributed by atoms with Gasteiger partial charge in [-0.2, -0.15) is 8.78 Å². The van der Waals surface area contributed by atoms with E-state index in [0.29, 0.717) is 30.1 Å². The molecule has 1 aromatic carbocycles. The lowest BCUT2D eigenvalue weighted by molar-refractivity contribution is -0.0502. The number of aromatic nitrogens is 2. The van der Waals surface area contributed by atoms with Crippen LogP contribution in [0, 0.1) is 0 Å². The van der Waals surface area contributed by atoms with Gasteiger partial charge < -0.3 is 19.5 Å². The number of nitrogens with zero attached hydrogens (tertiary/aromatic N) is 2. The number of methoxy groups -OCH3 is 1. The first-order valence-electron chi connectivity index (χ1n) is 10.1. The number of ether oxygens (including phenoxy) is 3. The fraction of sp³-hybridized carbons (Fsp3) is 0.364. The van der Waals surface area contributed by atoms with E-state index in [2.05, 4.69) is 10.3 Å². The van der Waals surface area contributed by atoms with Gasteiger partial charge in [0, 0.05) is 17.8 Å². The van der Waals surface area contributed by atoms with Crippen LogP contribution in [0.25, 0.3) is 16.9 Å². The van der Waals surface area contributed by atoms with Crippen molar-refractivity contribution in [3.63, 3.8) is 0 Å². The van der Waals surface area contributed by atoms with Crippen LogP contribution in [0.5, 0.6) is 11.5 Å². The van der Waals surface area contributed by atoms with Gasteiger partial charge in [-0.05, 0) is 42.7 Å². The topological polar surface area (TPSA) is 74.1 Å². The summed E-state index contributed by atoms with van der Waals surface area (Å²) in [5.74, 6) is -0.635. The predicted octanol–water partition coefficient (Wildman–Crippen LogP) is 3.97. The normalized spacial score (nSPS) is 17.3. The van der Waals surface area contributed by atoms with Crippen molar-refractivity contribution in [1.82, 2.24) is 14.7 Å². The molecule has 0 bridgehead atoms. The Bertz CT molecular complexity index is 1190. The van der Waals surface area contributed by atoms with E-state index in [-0.39, 0.29) is 23.1 Å². The molecule has 3 heterocycles. The van der Waals surface area contributed by atoms with E-state index in [4.69, 9.17) is 25.8 Å². The summed E-state index contributed by atoms with van der Waals surface area (Å²) in [7, 11) is 1.38. The van der Waals surface area contributed by atoms with Crippen LogP contribution in [-0.2, 0) is 9.61 Å². The van der Waals surface area contributed by atoms with Crippen LogP contribution >= 0.6 is 11.6 Å². The Kier molecular flexibility index (Phi) is 5.17.